The van der Waals surface area contributed by atoms with Gasteiger partial charge in [0.25, 0.3) is 0 Å². The summed E-state index contributed by atoms with van der Waals surface area (Å²) in [5.41, 5.74) is 1.46. The Morgan fingerprint density at radius 1 is 1.19 bits per heavy atom. The van der Waals surface area contributed by atoms with E-state index in [0.29, 0.717) is 5.56 Å². The molecule has 4 heteroatoms. The Labute approximate surface area is 125 Å². The highest BCUT2D eigenvalue weighted by Gasteiger charge is 2.31. The monoisotopic (exact) mass is 288 g/mol. The maximum Gasteiger partial charge on any atom is 0.138 e. The van der Waals surface area contributed by atoms with Crippen molar-refractivity contribution >= 4 is 0 Å². The van der Waals surface area contributed by atoms with Crippen LogP contribution in [0.4, 0.5) is 4.39 Å². The van der Waals surface area contributed by atoms with Crippen molar-refractivity contribution in [2.45, 2.75) is 25.4 Å². The van der Waals surface area contributed by atoms with Gasteiger partial charge in [0.2, 0.25) is 0 Å². The molecule has 0 amide bonds. The van der Waals surface area contributed by atoms with Crippen LogP contribution in [0.15, 0.2) is 18.2 Å². The number of piperazine rings is 1. The van der Waals surface area contributed by atoms with Gasteiger partial charge in [-0.2, -0.15) is 0 Å². The van der Waals surface area contributed by atoms with Gasteiger partial charge in [0.15, 0.2) is 0 Å². The summed E-state index contributed by atoms with van der Waals surface area (Å²) in [5.74, 6) is 4.85. The molecule has 2 fully saturated rings. The molecule has 112 valence electrons. The Hall–Kier alpha value is -1.41. The van der Waals surface area contributed by atoms with Crippen molar-refractivity contribution in [1.82, 2.24) is 9.80 Å². The molecule has 1 saturated carbocycles. The van der Waals surface area contributed by atoms with Gasteiger partial charge < -0.3 is 5.11 Å². The van der Waals surface area contributed by atoms with E-state index in [9.17, 15) is 4.39 Å². The number of halogens is 1. The Bertz CT molecular complexity index is 552. The highest BCUT2D eigenvalue weighted by atomic mass is 19.1. The molecule has 0 unspecified atom stereocenters. The molecule has 1 aromatic rings. The summed E-state index contributed by atoms with van der Waals surface area (Å²) < 4.78 is 13.6. The minimum absolute atomic E-state index is 0.243. The van der Waals surface area contributed by atoms with Gasteiger partial charge in [-0.3, -0.25) is 9.80 Å². The van der Waals surface area contributed by atoms with Crippen LogP contribution in [-0.4, -0.2) is 53.7 Å². The van der Waals surface area contributed by atoms with Crippen LogP contribution in [-0.2, 0) is 6.54 Å². The van der Waals surface area contributed by atoms with E-state index in [1.165, 1.54) is 18.9 Å². The molecule has 3 rings (SSSR count). The van der Waals surface area contributed by atoms with Crippen molar-refractivity contribution < 1.29 is 9.50 Å². The molecule has 1 aliphatic heterocycles. The molecule has 1 heterocycles. The first kappa shape index (κ1) is 14.5. The van der Waals surface area contributed by atoms with Crippen LogP contribution in [0.2, 0.25) is 0 Å². The van der Waals surface area contributed by atoms with Crippen LogP contribution in [0, 0.1) is 17.7 Å². The molecule has 3 nitrogen and oxygen atoms in total. The highest BCUT2D eigenvalue weighted by Crippen LogP contribution is 2.27. The predicted molar refractivity (Wildman–Crippen MR) is 80.2 cm³/mol. The zero-order chi connectivity index (χ0) is 14.7. The van der Waals surface area contributed by atoms with Gasteiger partial charge in [0.1, 0.15) is 12.4 Å². The summed E-state index contributed by atoms with van der Waals surface area (Å²) in [6.07, 6.45) is 2.73. The van der Waals surface area contributed by atoms with Crippen molar-refractivity contribution in [2.24, 2.45) is 0 Å². The van der Waals surface area contributed by atoms with Crippen molar-refractivity contribution in [3.05, 3.63) is 35.1 Å². The molecule has 1 saturated heterocycles. The zero-order valence-electron chi connectivity index (χ0n) is 12.2. The molecular weight excluding hydrogens is 267 g/mol. The lowest BCUT2D eigenvalue weighted by atomic mass is 10.1. The molecule has 21 heavy (non-hydrogen) atoms. The summed E-state index contributed by atoms with van der Waals surface area (Å²) in [7, 11) is 0. The maximum atomic E-state index is 13.6. The van der Waals surface area contributed by atoms with Crippen LogP contribution < -0.4 is 0 Å². The van der Waals surface area contributed by atoms with Gasteiger partial charge in [-0.05, 0) is 30.5 Å². The molecule has 0 aromatic heterocycles. The molecule has 1 aliphatic carbocycles. The standard InChI is InChI=1S/C17H21FN2O/c18-17-6-3-14(12-15(17)2-1-11-21)13-19-7-9-20(10-8-19)16-4-5-16/h3,6,12,16,21H,4-5,7-11,13H2. The number of hydrogen-bond donors (Lipinski definition) is 1. The van der Waals surface area contributed by atoms with Crippen molar-refractivity contribution in [2.75, 3.05) is 32.8 Å². The third-order valence-electron chi connectivity index (χ3n) is 4.21. The van der Waals surface area contributed by atoms with E-state index in [1.807, 2.05) is 6.07 Å². The fourth-order valence-corrected chi connectivity index (χ4v) is 2.89. The van der Waals surface area contributed by atoms with Gasteiger partial charge in [0, 0.05) is 38.8 Å². The molecule has 1 N–H and O–H groups in total. The number of aliphatic hydroxyl groups excluding tert-OH is 1. The molecular formula is C17H21FN2O. The minimum Gasteiger partial charge on any atom is -0.384 e. The number of benzene rings is 1. The van der Waals surface area contributed by atoms with E-state index in [0.717, 1.165) is 44.3 Å². The molecule has 1 aromatic carbocycles. The third kappa shape index (κ3) is 3.82. The average molecular weight is 288 g/mol. The van der Waals surface area contributed by atoms with Crippen LogP contribution in [0.25, 0.3) is 0 Å². The number of aliphatic hydroxyl groups is 1. The molecule has 0 atom stereocenters. The van der Waals surface area contributed by atoms with Crippen LogP contribution >= 0.6 is 0 Å². The maximum absolute atomic E-state index is 13.6. The predicted octanol–water partition coefficient (Wildman–Crippen LogP) is 1.45. The fourth-order valence-electron chi connectivity index (χ4n) is 2.89. The smallest absolute Gasteiger partial charge is 0.138 e. The first-order valence-electron chi connectivity index (χ1n) is 7.61. The lowest BCUT2D eigenvalue weighted by Gasteiger charge is -2.34. The number of hydrogen-bond acceptors (Lipinski definition) is 3. The van der Waals surface area contributed by atoms with Gasteiger partial charge in [-0.15, -0.1) is 0 Å². The van der Waals surface area contributed by atoms with E-state index in [4.69, 9.17) is 5.11 Å². The van der Waals surface area contributed by atoms with Crippen LogP contribution in [0.1, 0.15) is 24.0 Å². The lowest BCUT2D eigenvalue weighted by Crippen LogP contribution is -2.46. The summed E-state index contributed by atoms with van der Waals surface area (Å²) in [5, 5.41) is 8.71. The Morgan fingerprint density at radius 2 is 1.95 bits per heavy atom. The Balaban J connectivity index is 1.59. The largest absolute Gasteiger partial charge is 0.384 e. The summed E-state index contributed by atoms with van der Waals surface area (Å²) in [6.45, 7) is 5.03. The fraction of sp³-hybridized carbons (Fsp3) is 0.529. The summed E-state index contributed by atoms with van der Waals surface area (Å²) in [6, 6.07) is 5.94. The number of rotatable bonds is 3. The summed E-state index contributed by atoms with van der Waals surface area (Å²) >= 11 is 0. The van der Waals surface area contributed by atoms with E-state index >= 15 is 0 Å². The Morgan fingerprint density at radius 3 is 2.62 bits per heavy atom. The minimum atomic E-state index is -0.321. The zero-order valence-corrected chi connectivity index (χ0v) is 12.2. The van der Waals surface area contributed by atoms with Crippen LogP contribution in [0.5, 0.6) is 0 Å². The molecule has 0 bridgehead atoms. The van der Waals surface area contributed by atoms with Gasteiger partial charge >= 0.3 is 0 Å². The summed E-state index contributed by atoms with van der Waals surface area (Å²) in [4.78, 5) is 4.99. The third-order valence-corrected chi connectivity index (χ3v) is 4.21. The normalized spacial score (nSPS) is 20.1. The van der Waals surface area contributed by atoms with Gasteiger partial charge in [-0.1, -0.05) is 17.9 Å². The van der Waals surface area contributed by atoms with Crippen molar-refractivity contribution in [3.63, 3.8) is 0 Å². The second-order valence-corrected chi connectivity index (χ2v) is 5.82. The average Bonchev–Trinajstić information content (AvgIpc) is 3.33. The molecule has 0 radical (unpaired) electrons. The molecule has 0 spiro atoms. The van der Waals surface area contributed by atoms with E-state index in [1.54, 1.807) is 6.07 Å². The van der Waals surface area contributed by atoms with Gasteiger partial charge in [-0.25, -0.2) is 4.39 Å². The van der Waals surface area contributed by atoms with Crippen molar-refractivity contribution in [1.29, 1.82) is 0 Å². The second-order valence-electron chi connectivity index (χ2n) is 5.82. The lowest BCUT2D eigenvalue weighted by molar-refractivity contribution is 0.121. The highest BCUT2D eigenvalue weighted by molar-refractivity contribution is 5.38. The first-order valence-corrected chi connectivity index (χ1v) is 7.61. The van der Waals surface area contributed by atoms with E-state index in [-0.39, 0.29) is 12.4 Å². The first-order chi connectivity index (χ1) is 10.3. The number of nitrogens with zero attached hydrogens (tertiary/aromatic N) is 2. The SMILES string of the molecule is OCC#Cc1cc(CN2CCN(C3CC3)CC2)ccc1F. The quantitative estimate of drug-likeness (QED) is 0.853. The van der Waals surface area contributed by atoms with Gasteiger partial charge in [0.05, 0.1) is 5.56 Å². The topological polar surface area (TPSA) is 26.7 Å². The Kier molecular flexibility index (Phi) is 4.54. The van der Waals surface area contributed by atoms with E-state index in [2.05, 4.69) is 21.6 Å². The molecule has 2 aliphatic rings. The van der Waals surface area contributed by atoms with Crippen LogP contribution in [0.3, 0.4) is 0 Å². The van der Waals surface area contributed by atoms with Crippen molar-refractivity contribution in [3.8, 4) is 11.8 Å². The second kappa shape index (κ2) is 6.57. The van der Waals surface area contributed by atoms with E-state index < -0.39 is 0 Å².